The third-order valence-electron chi connectivity index (χ3n) is 4.83. The van der Waals surface area contributed by atoms with Crippen molar-refractivity contribution in [2.75, 3.05) is 32.2 Å². The lowest BCUT2D eigenvalue weighted by Gasteiger charge is -2.23. The van der Waals surface area contributed by atoms with E-state index in [-0.39, 0.29) is 11.9 Å². The highest BCUT2D eigenvalue weighted by Gasteiger charge is 2.25. The molecule has 0 saturated carbocycles. The van der Waals surface area contributed by atoms with Crippen molar-refractivity contribution < 1.29 is 14.3 Å². The molecule has 4 nitrogen and oxygen atoms in total. The van der Waals surface area contributed by atoms with Gasteiger partial charge in [0.25, 0.3) is 0 Å². The molecule has 4 heteroatoms. The molecule has 0 amide bonds. The van der Waals surface area contributed by atoms with E-state index in [9.17, 15) is 4.79 Å². The van der Waals surface area contributed by atoms with Crippen LogP contribution in [-0.4, -0.2) is 33.3 Å². The molecule has 0 N–H and O–H groups in total. The van der Waals surface area contributed by atoms with Crippen LogP contribution in [-0.2, 0) is 22.4 Å². The number of rotatable bonds is 6. The summed E-state index contributed by atoms with van der Waals surface area (Å²) in [6.45, 7) is 1.46. The number of anilines is 1. The molecule has 1 aliphatic carbocycles. The summed E-state index contributed by atoms with van der Waals surface area (Å²) in [7, 11) is 3.53. The van der Waals surface area contributed by atoms with E-state index >= 15 is 0 Å². The molecule has 0 saturated heterocycles. The number of carbonyl (C=O) groups is 1. The quantitative estimate of drug-likeness (QED) is 0.755. The molecule has 2 aromatic carbocycles. The van der Waals surface area contributed by atoms with Gasteiger partial charge in [-0.15, -0.1) is 0 Å². The fourth-order valence-corrected chi connectivity index (χ4v) is 3.30. The number of fused-ring (bicyclic) bond motifs is 1. The van der Waals surface area contributed by atoms with Crippen molar-refractivity contribution in [3.05, 3.63) is 59.7 Å². The highest BCUT2D eigenvalue weighted by atomic mass is 16.5. The van der Waals surface area contributed by atoms with E-state index in [0.29, 0.717) is 6.61 Å². The van der Waals surface area contributed by atoms with Crippen LogP contribution in [0.3, 0.4) is 0 Å². The lowest BCUT2D eigenvalue weighted by Crippen LogP contribution is -2.24. The summed E-state index contributed by atoms with van der Waals surface area (Å²) in [5.41, 5.74) is 3.70. The van der Waals surface area contributed by atoms with Gasteiger partial charge in [-0.2, -0.15) is 0 Å². The van der Waals surface area contributed by atoms with Gasteiger partial charge in [-0.1, -0.05) is 24.3 Å². The standard InChI is InChI=1S/C21H25NO3/c1-22(19-6-4-3-5-7-19)12-13-25-20-11-10-16-14-18(21(23)24-2)9-8-17(16)15-20/h3-7,10-11,15,18H,8-9,12-14H2,1-2H3. The lowest BCUT2D eigenvalue weighted by atomic mass is 9.84. The Kier molecular flexibility index (Phi) is 5.59. The number of carbonyl (C=O) groups excluding carboxylic acids is 1. The fraction of sp³-hybridized carbons (Fsp3) is 0.381. The van der Waals surface area contributed by atoms with Crippen LogP contribution in [0.1, 0.15) is 17.5 Å². The Hall–Kier alpha value is -2.49. The monoisotopic (exact) mass is 339 g/mol. The molecule has 0 radical (unpaired) electrons. The number of hydrogen-bond acceptors (Lipinski definition) is 4. The van der Waals surface area contributed by atoms with E-state index in [2.05, 4.69) is 36.2 Å². The van der Waals surface area contributed by atoms with Crippen LogP contribution in [0.4, 0.5) is 5.69 Å². The fourth-order valence-electron chi connectivity index (χ4n) is 3.30. The number of esters is 1. The van der Waals surface area contributed by atoms with Crippen LogP contribution >= 0.6 is 0 Å². The molecule has 1 atom stereocenters. The Labute approximate surface area is 149 Å². The predicted molar refractivity (Wildman–Crippen MR) is 99.2 cm³/mol. The number of nitrogens with zero attached hydrogens (tertiary/aromatic N) is 1. The average Bonchev–Trinajstić information content (AvgIpc) is 2.67. The van der Waals surface area contributed by atoms with E-state index in [0.717, 1.165) is 31.6 Å². The number of aryl methyl sites for hydroxylation is 1. The van der Waals surface area contributed by atoms with Crippen molar-refractivity contribution in [1.82, 2.24) is 0 Å². The lowest BCUT2D eigenvalue weighted by molar-refractivity contribution is -0.145. The van der Waals surface area contributed by atoms with Crippen LogP contribution in [0.25, 0.3) is 0 Å². The van der Waals surface area contributed by atoms with Gasteiger partial charge in [0.05, 0.1) is 19.6 Å². The Morgan fingerprint density at radius 3 is 2.72 bits per heavy atom. The van der Waals surface area contributed by atoms with E-state index in [1.807, 2.05) is 24.3 Å². The van der Waals surface area contributed by atoms with Crippen LogP contribution in [0.5, 0.6) is 5.75 Å². The second-order valence-electron chi connectivity index (χ2n) is 6.50. The van der Waals surface area contributed by atoms with Gasteiger partial charge in [0.15, 0.2) is 0 Å². The molecule has 0 aliphatic heterocycles. The van der Waals surface area contributed by atoms with Gasteiger partial charge in [-0.25, -0.2) is 0 Å². The molecule has 0 spiro atoms. The Morgan fingerprint density at radius 2 is 1.96 bits per heavy atom. The van der Waals surface area contributed by atoms with Gasteiger partial charge in [0.2, 0.25) is 0 Å². The first-order chi connectivity index (χ1) is 12.2. The molecule has 0 fully saturated rings. The Morgan fingerprint density at radius 1 is 1.16 bits per heavy atom. The maximum absolute atomic E-state index is 11.7. The molecule has 0 heterocycles. The predicted octanol–water partition coefficient (Wildman–Crippen LogP) is 3.48. The minimum atomic E-state index is -0.102. The summed E-state index contributed by atoms with van der Waals surface area (Å²) in [5.74, 6) is 0.787. The van der Waals surface area contributed by atoms with Gasteiger partial charge in [0, 0.05) is 12.7 Å². The Bertz CT molecular complexity index is 714. The van der Waals surface area contributed by atoms with Crippen LogP contribution in [0.2, 0.25) is 0 Å². The second-order valence-corrected chi connectivity index (χ2v) is 6.50. The summed E-state index contributed by atoms with van der Waals surface area (Å²) >= 11 is 0. The third-order valence-corrected chi connectivity index (χ3v) is 4.83. The zero-order chi connectivity index (χ0) is 17.6. The third kappa shape index (κ3) is 4.32. The molecule has 132 valence electrons. The first kappa shape index (κ1) is 17.3. The smallest absolute Gasteiger partial charge is 0.309 e. The zero-order valence-corrected chi connectivity index (χ0v) is 14.9. The van der Waals surface area contributed by atoms with E-state index in [1.54, 1.807) is 0 Å². The molecule has 2 aromatic rings. The summed E-state index contributed by atoms with van der Waals surface area (Å²) < 4.78 is 10.8. The first-order valence-corrected chi connectivity index (χ1v) is 8.76. The topological polar surface area (TPSA) is 38.8 Å². The first-order valence-electron chi connectivity index (χ1n) is 8.76. The van der Waals surface area contributed by atoms with Crippen molar-refractivity contribution in [1.29, 1.82) is 0 Å². The zero-order valence-electron chi connectivity index (χ0n) is 14.9. The number of benzene rings is 2. The molecule has 1 aliphatic rings. The van der Waals surface area contributed by atoms with Crippen LogP contribution < -0.4 is 9.64 Å². The van der Waals surface area contributed by atoms with Crippen molar-refractivity contribution >= 4 is 11.7 Å². The summed E-state index contributed by atoms with van der Waals surface area (Å²) in [6.07, 6.45) is 2.51. The number of methoxy groups -OCH3 is 1. The van der Waals surface area contributed by atoms with E-state index in [1.165, 1.54) is 23.9 Å². The van der Waals surface area contributed by atoms with Crippen molar-refractivity contribution in [2.45, 2.75) is 19.3 Å². The molecule has 3 rings (SSSR count). The van der Waals surface area contributed by atoms with Gasteiger partial charge in [0.1, 0.15) is 12.4 Å². The van der Waals surface area contributed by atoms with Crippen molar-refractivity contribution in [2.24, 2.45) is 5.92 Å². The van der Waals surface area contributed by atoms with Crippen molar-refractivity contribution in [3.8, 4) is 5.75 Å². The van der Waals surface area contributed by atoms with E-state index < -0.39 is 0 Å². The minimum absolute atomic E-state index is 0.0104. The number of likely N-dealkylation sites (N-methyl/N-ethyl adjacent to an activating group) is 1. The highest BCUT2D eigenvalue weighted by molar-refractivity contribution is 5.73. The highest BCUT2D eigenvalue weighted by Crippen LogP contribution is 2.29. The molecule has 0 aromatic heterocycles. The summed E-state index contributed by atoms with van der Waals surface area (Å²) in [6, 6.07) is 16.5. The number of ether oxygens (including phenoxy) is 2. The van der Waals surface area contributed by atoms with Gasteiger partial charge in [-0.3, -0.25) is 4.79 Å². The molecular formula is C21H25NO3. The number of hydrogen-bond donors (Lipinski definition) is 0. The largest absolute Gasteiger partial charge is 0.492 e. The van der Waals surface area contributed by atoms with Gasteiger partial charge >= 0.3 is 5.97 Å². The minimum Gasteiger partial charge on any atom is -0.492 e. The SMILES string of the molecule is COC(=O)C1CCc2cc(OCCN(C)c3ccccc3)ccc2C1. The van der Waals surface area contributed by atoms with Crippen LogP contribution in [0.15, 0.2) is 48.5 Å². The molecule has 25 heavy (non-hydrogen) atoms. The molecule has 1 unspecified atom stereocenters. The average molecular weight is 339 g/mol. The summed E-state index contributed by atoms with van der Waals surface area (Å²) in [5, 5.41) is 0. The maximum atomic E-state index is 11.7. The molecule has 0 bridgehead atoms. The second kappa shape index (κ2) is 8.06. The van der Waals surface area contributed by atoms with Crippen molar-refractivity contribution in [3.63, 3.8) is 0 Å². The normalized spacial score (nSPS) is 16.0. The van der Waals surface area contributed by atoms with E-state index in [4.69, 9.17) is 9.47 Å². The maximum Gasteiger partial charge on any atom is 0.309 e. The Balaban J connectivity index is 1.54. The molecular weight excluding hydrogens is 314 g/mol. The number of para-hydroxylation sites is 1. The van der Waals surface area contributed by atoms with Crippen LogP contribution in [0, 0.1) is 5.92 Å². The van der Waals surface area contributed by atoms with Gasteiger partial charge < -0.3 is 14.4 Å². The summed E-state index contributed by atoms with van der Waals surface area (Å²) in [4.78, 5) is 13.9. The van der Waals surface area contributed by atoms with Gasteiger partial charge in [-0.05, 0) is 54.7 Å².